The van der Waals surface area contributed by atoms with Crippen molar-refractivity contribution in [3.05, 3.63) is 57.0 Å². The molecule has 0 aliphatic rings. The minimum atomic E-state index is -0.335. The molecule has 3 N–H and O–H groups in total. The molecule has 2 rings (SSSR count). The number of carbonyl (C=O) groups excluding carboxylic acids is 1. The lowest BCUT2D eigenvalue weighted by Gasteiger charge is -1.98. The van der Waals surface area contributed by atoms with Crippen molar-refractivity contribution in [3.63, 3.8) is 0 Å². The minimum absolute atomic E-state index is 0.0403. The molecule has 19 heavy (non-hydrogen) atoms. The molecule has 0 saturated heterocycles. The Morgan fingerprint density at radius 3 is 2.84 bits per heavy atom. The van der Waals surface area contributed by atoms with Crippen LogP contribution in [0.3, 0.4) is 0 Å². The van der Waals surface area contributed by atoms with E-state index in [0.717, 1.165) is 0 Å². The lowest BCUT2D eigenvalue weighted by Crippen LogP contribution is -2.20. The van der Waals surface area contributed by atoms with Crippen LogP contribution in [0.25, 0.3) is 0 Å². The number of hydrogen-bond donors (Lipinski definition) is 3. The highest BCUT2D eigenvalue weighted by atomic mass is 35.5. The van der Waals surface area contributed by atoms with E-state index in [4.69, 9.17) is 11.6 Å². The molecule has 7 heteroatoms. The van der Waals surface area contributed by atoms with E-state index >= 15 is 0 Å². The molecule has 1 heterocycles. The van der Waals surface area contributed by atoms with Gasteiger partial charge in [0.25, 0.3) is 5.56 Å². The van der Waals surface area contributed by atoms with Crippen LogP contribution in [0.5, 0.6) is 0 Å². The Bertz CT molecular complexity index is 659. The van der Waals surface area contributed by atoms with Crippen molar-refractivity contribution in [2.24, 2.45) is 5.10 Å². The SMILES string of the molecule is O=C(Cc1cc(=O)[nH][nH]1)NN=Cc1ccccc1Cl. The van der Waals surface area contributed by atoms with Gasteiger partial charge < -0.3 is 5.10 Å². The number of carbonyl (C=O) groups is 1. The highest BCUT2D eigenvalue weighted by Crippen LogP contribution is 2.11. The van der Waals surface area contributed by atoms with E-state index in [1.807, 2.05) is 6.07 Å². The van der Waals surface area contributed by atoms with E-state index < -0.39 is 0 Å². The highest BCUT2D eigenvalue weighted by Gasteiger charge is 2.04. The third-order valence-corrected chi connectivity index (χ3v) is 2.64. The van der Waals surface area contributed by atoms with Crippen molar-refractivity contribution >= 4 is 23.7 Å². The number of H-pyrrole nitrogens is 2. The van der Waals surface area contributed by atoms with Crippen LogP contribution in [-0.2, 0) is 11.2 Å². The summed E-state index contributed by atoms with van der Waals surface area (Å²) in [6.07, 6.45) is 1.50. The summed E-state index contributed by atoms with van der Waals surface area (Å²) in [6.45, 7) is 0. The Labute approximate surface area is 113 Å². The first-order valence-corrected chi connectivity index (χ1v) is 5.86. The van der Waals surface area contributed by atoms with Gasteiger partial charge in [0, 0.05) is 22.3 Å². The Kier molecular flexibility index (Phi) is 4.15. The maximum atomic E-state index is 11.5. The molecule has 0 bridgehead atoms. The molecule has 2 aromatic rings. The number of halogens is 1. The van der Waals surface area contributed by atoms with Crippen LogP contribution >= 0.6 is 11.6 Å². The van der Waals surface area contributed by atoms with Gasteiger partial charge in [-0.3, -0.25) is 14.7 Å². The molecule has 0 spiro atoms. The van der Waals surface area contributed by atoms with Gasteiger partial charge in [0.05, 0.1) is 12.6 Å². The monoisotopic (exact) mass is 278 g/mol. The normalized spacial score (nSPS) is 10.8. The Morgan fingerprint density at radius 2 is 2.16 bits per heavy atom. The number of amides is 1. The number of nitrogens with one attached hydrogen (secondary N) is 3. The number of hydrazone groups is 1. The molecule has 0 atom stereocenters. The van der Waals surface area contributed by atoms with Crippen LogP contribution in [0.4, 0.5) is 0 Å². The van der Waals surface area contributed by atoms with Crippen LogP contribution < -0.4 is 11.0 Å². The summed E-state index contributed by atoms with van der Waals surface area (Å²) in [5.41, 5.74) is 3.28. The van der Waals surface area contributed by atoms with Gasteiger partial charge in [-0.2, -0.15) is 5.10 Å². The second-order valence-corrected chi connectivity index (χ2v) is 4.18. The smallest absolute Gasteiger partial charge is 0.264 e. The van der Waals surface area contributed by atoms with Gasteiger partial charge in [-0.1, -0.05) is 29.8 Å². The standard InChI is InChI=1S/C12H11ClN4O2/c13-10-4-2-1-3-8(10)7-14-16-11(18)5-9-6-12(19)17-15-9/h1-4,6-7H,5H2,(H,16,18)(H2,15,17,19). The zero-order chi connectivity index (χ0) is 13.7. The molecule has 0 saturated carbocycles. The van der Waals surface area contributed by atoms with Crippen molar-refractivity contribution in [2.75, 3.05) is 0 Å². The lowest BCUT2D eigenvalue weighted by atomic mass is 10.2. The van der Waals surface area contributed by atoms with Gasteiger partial charge in [-0.15, -0.1) is 0 Å². The Hall–Kier alpha value is -2.34. The van der Waals surface area contributed by atoms with Crippen molar-refractivity contribution in [3.8, 4) is 0 Å². The van der Waals surface area contributed by atoms with Gasteiger partial charge in [0.1, 0.15) is 0 Å². The summed E-state index contributed by atoms with van der Waals surface area (Å²) < 4.78 is 0. The average Bonchev–Trinajstić information content (AvgIpc) is 2.77. The van der Waals surface area contributed by atoms with Crippen molar-refractivity contribution in [1.29, 1.82) is 0 Å². The van der Waals surface area contributed by atoms with Crippen molar-refractivity contribution < 1.29 is 4.79 Å². The average molecular weight is 279 g/mol. The second-order valence-electron chi connectivity index (χ2n) is 3.78. The summed E-state index contributed by atoms with van der Waals surface area (Å²) >= 11 is 5.92. The predicted molar refractivity (Wildman–Crippen MR) is 72.3 cm³/mol. The fraction of sp³-hybridized carbons (Fsp3) is 0.0833. The largest absolute Gasteiger partial charge is 0.302 e. The Morgan fingerprint density at radius 1 is 1.37 bits per heavy atom. The summed E-state index contributed by atoms with van der Waals surface area (Å²) in [6, 6.07) is 8.45. The predicted octanol–water partition coefficient (Wildman–Crippen LogP) is 1.05. The fourth-order valence-electron chi connectivity index (χ4n) is 1.43. The van der Waals surface area contributed by atoms with Crippen LogP contribution in [0, 0.1) is 0 Å². The number of aromatic amines is 2. The molecule has 1 amide bonds. The summed E-state index contributed by atoms with van der Waals surface area (Å²) in [7, 11) is 0. The molecule has 0 aliphatic carbocycles. The molecule has 6 nitrogen and oxygen atoms in total. The van der Waals surface area contributed by atoms with Gasteiger partial charge in [0.15, 0.2) is 0 Å². The molecule has 0 fully saturated rings. The topological polar surface area (TPSA) is 90.1 Å². The minimum Gasteiger partial charge on any atom is -0.302 e. The molecular weight excluding hydrogens is 268 g/mol. The maximum absolute atomic E-state index is 11.5. The third-order valence-electron chi connectivity index (χ3n) is 2.30. The quantitative estimate of drug-likeness (QED) is 0.576. The van der Waals surface area contributed by atoms with E-state index in [9.17, 15) is 9.59 Å². The highest BCUT2D eigenvalue weighted by molar-refractivity contribution is 6.33. The van der Waals surface area contributed by atoms with Crippen LogP contribution in [0.15, 0.2) is 40.2 Å². The first-order valence-electron chi connectivity index (χ1n) is 5.48. The van der Waals surface area contributed by atoms with Crippen LogP contribution in [0.2, 0.25) is 5.02 Å². The zero-order valence-corrected chi connectivity index (χ0v) is 10.6. The second kappa shape index (κ2) is 6.01. The summed E-state index contributed by atoms with van der Waals surface area (Å²) in [4.78, 5) is 22.3. The van der Waals surface area contributed by atoms with E-state index in [0.29, 0.717) is 16.3 Å². The van der Waals surface area contributed by atoms with Crippen LogP contribution in [0.1, 0.15) is 11.3 Å². The lowest BCUT2D eigenvalue weighted by molar-refractivity contribution is -0.120. The van der Waals surface area contributed by atoms with E-state index in [1.54, 1.807) is 18.2 Å². The molecule has 1 aromatic carbocycles. The number of rotatable bonds is 4. The molecular formula is C12H11ClN4O2. The molecule has 0 aliphatic heterocycles. The number of hydrogen-bond acceptors (Lipinski definition) is 3. The first kappa shape index (κ1) is 13.1. The molecule has 0 unspecified atom stereocenters. The molecule has 0 radical (unpaired) electrons. The van der Waals surface area contributed by atoms with Crippen molar-refractivity contribution in [1.82, 2.24) is 15.6 Å². The number of benzene rings is 1. The van der Waals surface area contributed by atoms with Gasteiger partial charge in [-0.05, 0) is 6.07 Å². The van der Waals surface area contributed by atoms with E-state index in [1.165, 1.54) is 12.3 Å². The Balaban J connectivity index is 1.90. The fourth-order valence-corrected chi connectivity index (χ4v) is 1.62. The van der Waals surface area contributed by atoms with Gasteiger partial charge >= 0.3 is 0 Å². The van der Waals surface area contributed by atoms with Crippen molar-refractivity contribution in [2.45, 2.75) is 6.42 Å². The summed E-state index contributed by atoms with van der Waals surface area (Å²) in [5, 5.41) is 9.27. The van der Waals surface area contributed by atoms with E-state index in [-0.39, 0.29) is 17.9 Å². The third kappa shape index (κ3) is 3.82. The first-order chi connectivity index (χ1) is 9.15. The molecule has 98 valence electrons. The maximum Gasteiger partial charge on any atom is 0.264 e. The molecule has 1 aromatic heterocycles. The van der Waals surface area contributed by atoms with E-state index in [2.05, 4.69) is 20.7 Å². The zero-order valence-electron chi connectivity index (χ0n) is 9.81. The number of aromatic nitrogens is 2. The van der Waals surface area contributed by atoms with Crippen LogP contribution in [-0.4, -0.2) is 22.3 Å². The van der Waals surface area contributed by atoms with Gasteiger partial charge in [-0.25, -0.2) is 5.43 Å². The summed E-state index contributed by atoms with van der Waals surface area (Å²) in [5.74, 6) is -0.335. The van der Waals surface area contributed by atoms with Gasteiger partial charge in [0.2, 0.25) is 5.91 Å². The number of nitrogens with zero attached hydrogens (tertiary/aromatic N) is 1.